The molecule has 0 bridgehead atoms. The Balaban J connectivity index is 2.01. The third-order valence-electron chi connectivity index (χ3n) is 2.79. The number of fused-ring (bicyclic) bond motifs is 1. The van der Waals surface area contributed by atoms with Crippen LogP contribution in [0.5, 0.6) is 0 Å². The third-order valence-corrected chi connectivity index (χ3v) is 6.55. The van der Waals surface area contributed by atoms with E-state index < -0.39 is 7.60 Å². The van der Waals surface area contributed by atoms with E-state index in [4.69, 9.17) is 9.05 Å². The van der Waals surface area contributed by atoms with Gasteiger partial charge in [0.2, 0.25) is 0 Å². The van der Waals surface area contributed by atoms with Gasteiger partial charge in [-0.05, 0) is 31.9 Å². The summed E-state index contributed by atoms with van der Waals surface area (Å²) in [6.07, 6.45) is 1.44. The van der Waals surface area contributed by atoms with Gasteiger partial charge < -0.3 is 9.05 Å². The van der Waals surface area contributed by atoms with Gasteiger partial charge in [0.05, 0.1) is 19.4 Å². The first-order valence-electron chi connectivity index (χ1n) is 6.29. The maximum atomic E-state index is 12.5. The smallest absolute Gasteiger partial charge is 0.309 e. The van der Waals surface area contributed by atoms with Crippen molar-refractivity contribution in [3.8, 4) is 0 Å². The van der Waals surface area contributed by atoms with E-state index in [9.17, 15) is 4.57 Å². The summed E-state index contributed by atoms with van der Waals surface area (Å²) in [5.74, 6) is 0. The number of hydrogen-bond donors (Lipinski definition) is 0. The van der Waals surface area contributed by atoms with Gasteiger partial charge in [-0.15, -0.1) is 11.8 Å². The molecule has 2 rings (SSSR count). The molecule has 100 valence electrons. The van der Waals surface area contributed by atoms with Crippen molar-refractivity contribution in [3.63, 3.8) is 0 Å². The zero-order valence-corrected chi connectivity index (χ0v) is 12.5. The Labute approximate surface area is 113 Å². The van der Waals surface area contributed by atoms with Crippen LogP contribution in [0.4, 0.5) is 0 Å². The molecule has 0 saturated carbocycles. The van der Waals surface area contributed by atoms with Crippen molar-refractivity contribution in [2.45, 2.75) is 30.4 Å². The normalized spacial score (nSPS) is 18.9. The summed E-state index contributed by atoms with van der Waals surface area (Å²) in [7, 11) is -2.92. The molecule has 0 radical (unpaired) electrons. The SMILES string of the molecule is CCOP(=O)(CC1Cc2ccccc2S1)OCC. The summed E-state index contributed by atoms with van der Waals surface area (Å²) < 4.78 is 23.2. The van der Waals surface area contributed by atoms with Gasteiger partial charge in [0.1, 0.15) is 0 Å². The average Bonchev–Trinajstić information content (AvgIpc) is 2.70. The lowest BCUT2D eigenvalue weighted by Crippen LogP contribution is -2.11. The maximum absolute atomic E-state index is 12.5. The van der Waals surface area contributed by atoms with Crippen molar-refractivity contribution in [2.24, 2.45) is 0 Å². The standard InChI is InChI=1S/C13H19O3PS/c1-3-15-17(14,16-4-2)10-12-9-11-7-5-6-8-13(11)18-12/h5-8,12H,3-4,9-10H2,1-2H3. The van der Waals surface area contributed by atoms with Gasteiger partial charge in [-0.25, -0.2) is 0 Å². The molecule has 0 fully saturated rings. The van der Waals surface area contributed by atoms with Crippen molar-refractivity contribution in [1.29, 1.82) is 0 Å². The van der Waals surface area contributed by atoms with Crippen molar-refractivity contribution >= 4 is 19.4 Å². The maximum Gasteiger partial charge on any atom is 0.331 e. The zero-order chi connectivity index (χ0) is 13.0. The van der Waals surface area contributed by atoms with E-state index in [1.54, 1.807) is 11.8 Å². The van der Waals surface area contributed by atoms with Crippen LogP contribution in [0.2, 0.25) is 0 Å². The highest BCUT2D eigenvalue weighted by atomic mass is 32.2. The van der Waals surface area contributed by atoms with E-state index in [0.717, 1.165) is 6.42 Å². The Morgan fingerprint density at radius 2 is 1.94 bits per heavy atom. The first-order chi connectivity index (χ1) is 8.67. The molecule has 1 aliphatic heterocycles. The van der Waals surface area contributed by atoms with E-state index in [1.165, 1.54) is 10.5 Å². The lowest BCUT2D eigenvalue weighted by atomic mass is 10.1. The second kappa shape index (κ2) is 6.25. The molecule has 5 heteroatoms. The second-order valence-corrected chi connectivity index (χ2v) is 7.63. The van der Waals surface area contributed by atoms with Gasteiger partial charge >= 0.3 is 7.60 Å². The van der Waals surface area contributed by atoms with E-state index in [2.05, 4.69) is 12.1 Å². The average molecular weight is 286 g/mol. The summed E-state index contributed by atoms with van der Waals surface area (Å²) in [6, 6.07) is 8.34. The van der Waals surface area contributed by atoms with E-state index in [0.29, 0.717) is 24.6 Å². The topological polar surface area (TPSA) is 35.5 Å². The predicted molar refractivity (Wildman–Crippen MR) is 75.5 cm³/mol. The molecular weight excluding hydrogens is 267 g/mol. The van der Waals surface area contributed by atoms with Crippen molar-refractivity contribution in [1.82, 2.24) is 0 Å². The Kier molecular flexibility index (Phi) is 4.91. The molecule has 0 N–H and O–H groups in total. The fraction of sp³-hybridized carbons (Fsp3) is 0.538. The van der Waals surface area contributed by atoms with Gasteiger partial charge in [0.25, 0.3) is 0 Å². The van der Waals surface area contributed by atoms with Gasteiger partial charge in [-0.3, -0.25) is 4.57 Å². The Morgan fingerprint density at radius 3 is 2.56 bits per heavy atom. The molecule has 1 unspecified atom stereocenters. The number of rotatable bonds is 6. The Morgan fingerprint density at radius 1 is 1.28 bits per heavy atom. The van der Waals surface area contributed by atoms with Crippen LogP contribution in [-0.4, -0.2) is 24.6 Å². The monoisotopic (exact) mass is 286 g/mol. The van der Waals surface area contributed by atoms with Gasteiger partial charge in [0.15, 0.2) is 0 Å². The van der Waals surface area contributed by atoms with Gasteiger partial charge in [-0.1, -0.05) is 18.2 Å². The predicted octanol–water partition coefficient (Wildman–Crippen LogP) is 3.97. The molecule has 0 aliphatic carbocycles. The summed E-state index contributed by atoms with van der Waals surface area (Å²) in [5, 5.41) is 0.298. The first kappa shape index (κ1) is 14.1. The molecular formula is C13H19O3PS. The molecule has 1 aromatic carbocycles. The first-order valence-corrected chi connectivity index (χ1v) is 8.90. The molecule has 1 heterocycles. The summed E-state index contributed by atoms with van der Waals surface area (Å²) in [4.78, 5) is 1.29. The highest BCUT2D eigenvalue weighted by Gasteiger charge is 2.32. The largest absolute Gasteiger partial charge is 0.331 e. The van der Waals surface area contributed by atoms with Crippen molar-refractivity contribution in [2.75, 3.05) is 19.4 Å². The third kappa shape index (κ3) is 3.39. The van der Waals surface area contributed by atoms with Gasteiger partial charge in [0, 0.05) is 10.1 Å². The fourth-order valence-corrected chi connectivity index (χ4v) is 5.77. The molecule has 1 aromatic rings. The highest BCUT2D eigenvalue weighted by molar-refractivity contribution is 8.00. The number of thioether (sulfide) groups is 1. The van der Waals surface area contributed by atoms with Crippen LogP contribution in [0.3, 0.4) is 0 Å². The lowest BCUT2D eigenvalue weighted by molar-refractivity contribution is 0.220. The summed E-state index contributed by atoms with van der Waals surface area (Å²) in [5.41, 5.74) is 1.34. The minimum Gasteiger partial charge on any atom is -0.309 e. The minimum atomic E-state index is -2.92. The Bertz CT molecular complexity index is 415. The second-order valence-electron chi connectivity index (χ2n) is 4.18. The highest BCUT2D eigenvalue weighted by Crippen LogP contribution is 2.52. The van der Waals surface area contributed by atoms with Crippen LogP contribution in [0, 0.1) is 0 Å². The summed E-state index contributed by atoms with van der Waals surface area (Å²) >= 11 is 1.78. The molecule has 0 spiro atoms. The lowest BCUT2D eigenvalue weighted by Gasteiger charge is -2.19. The van der Waals surface area contributed by atoms with Gasteiger partial charge in [-0.2, -0.15) is 0 Å². The van der Waals surface area contributed by atoms with E-state index >= 15 is 0 Å². The Hall–Kier alpha value is -0.280. The molecule has 0 saturated heterocycles. The zero-order valence-electron chi connectivity index (χ0n) is 10.8. The number of hydrogen-bond acceptors (Lipinski definition) is 4. The van der Waals surface area contributed by atoms with E-state index in [-0.39, 0.29) is 0 Å². The number of benzene rings is 1. The molecule has 18 heavy (non-hydrogen) atoms. The van der Waals surface area contributed by atoms with Crippen LogP contribution in [0.25, 0.3) is 0 Å². The quantitative estimate of drug-likeness (QED) is 0.741. The molecule has 0 aromatic heterocycles. The van der Waals surface area contributed by atoms with Crippen LogP contribution in [0.1, 0.15) is 19.4 Å². The van der Waals surface area contributed by atoms with Crippen LogP contribution in [-0.2, 0) is 20.0 Å². The molecule has 0 amide bonds. The molecule has 3 nitrogen and oxygen atoms in total. The fourth-order valence-electron chi connectivity index (χ4n) is 2.14. The van der Waals surface area contributed by atoms with Crippen LogP contribution in [0.15, 0.2) is 29.2 Å². The van der Waals surface area contributed by atoms with Crippen molar-refractivity contribution < 1.29 is 13.6 Å². The molecule has 1 aliphatic rings. The molecule has 1 atom stereocenters. The summed E-state index contributed by atoms with van der Waals surface area (Å²) in [6.45, 7) is 4.56. The van der Waals surface area contributed by atoms with Crippen molar-refractivity contribution in [3.05, 3.63) is 29.8 Å². The van der Waals surface area contributed by atoms with Crippen LogP contribution < -0.4 is 0 Å². The minimum absolute atomic E-state index is 0.298. The van der Waals surface area contributed by atoms with Crippen LogP contribution >= 0.6 is 19.4 Å². The van der Waals surface area contributed by atoms with E-state index in [1.807, 2.05) is 26.0 Å².